The zero-order valence-electron chi connectivity index (χ0n) is 10.0. The maximum Gasteiger partial charge on any atom is 0.306 e. The van der Waals surface area contributed by atoms with Crippen molar-refractivity contribution in [3.63, 3.8) is 0 Å². The van der Waals surface area contributed by atoms with Crippen LogP contribution >= 0.6 is 0 Å². The van der Waals surface area contributed by atoms with Crippen LogP contribution in [0.2, 0.25) is 0 Å². The summed E-state index contributed by atoms with van der Waals surface area (Å²) >= 11 is 0. The molecule has 0 aliphatic carbocycles. The molecule has 0 spiro atoms. The van der Waals surface area contributed by atoms with Crippen LogP contribution in [0.4, 0.5) is 0 Å². The third kappa shape index (κ3) is 7.23. The van der Waals surface area contributed by atoms with Gasteiger partial charge in [0.1, 0.15) is 0 Å². The molecule has 0 saturated carbocycles. The first-order valence-electron chi connectivity index (χ1n) is 5.69. The number of rotatable bonds is 8. The lowest BCUT2D eigenvalue weighted by Gasteiger charge is -2.14. The van der Waals surface area contributed by atoms with Crippen LogP contribution in [0.15, 0.2) is 0 Å². The zero-order chi connectivity index (χ0) is 12.6. The van der Waals surface area contributed by atoms with Crippen LogP contribution in [0.1, 0.15) is 39.5 Å². The Kier molecular flexibility index (Phi) is 7.54. The van der Waals surface area contributed by atoms with Gasteiger partial charge in [-0.2, -0.15) is 0 Å². The molecular weight excluding hydrogens is 208 g/mol. The Labute approximate surface area is 96.4 Å². The Morgan fingerprint density at radius 3 is 2.44 bits per heavy atom. The molecule has 1 amide bonds. The molecule has 0 aromatic carbocycles. The van der Waals surface area contributed by atoms with Gasteiger partial charge in [-0.1, -0.05) is 13.3 Å². The van der Waals surface area contributed by atoms with E-state index in [0.29, 0.717) is 19.4 Å². The van der Waals surface area contributed by atoms with Gasteiger partial charge in [-0.3, -0.25) is 9.59 Å². The Hall–Kier alpha value is -1.10. The normalized spacial score (nSPS) is 14.2. The van der Waals surface area contributed by atoms with Gasteiger partial charge in [-0.15, -0.1) is 0 Å². The van der Waals surface area contributed by atoms with Crippen LogP contribution in [0.25, 0.3) is 0 Å². The molecule has 2 unspecified atom stereocenters. The van der Waals surface area contributed by atoms with Gasteiger partial charge >= 0.3 is 5.97 Å². The van der Waals surface area contributed by atoms with Gasteiger partial charge in [-0.25, -0.2) is 0 Å². The van der Waals surface area contributed by atoms with Gasteiger partial charge < -0.3 is 16.2 Å². The Balaban J connectivity index is 3.61. The van der Waals surface area contributed by atoms with Crippen molar-refractivity contribution in [3.8, 4) is 0 Å². The molecule has 0 aromatic heterocycles. The molecule has 0 fully saturated rings. The third-order valence-electron chi connectivity index (χ3n) is 2.47. The van der Waals surface area contributed by atoms with E-state index in [4.69, 9.17) is 10.8 Å². The van der Waals surface area contributed by atoms with Crippen molar-refractivity contribution in [2.75, 3.05) is 6.54 Å². The fraction of sp³-hybridized carbons (Fsp3) is 0.818. The quantitative estimate of drug-likeness (QED) is 0.573. The average molecular weight is 230 g/mol. The van der Waals surface area contributed by atoms with Crippen molar-refractivity contribution >= 4 is 11.9 Å². The molecule has 4 N–H and O–H groups in total. The minimum absolute atomic E-state index is 0.0405. The number of hydrogen-bond donors (Lipinski definition) is 3. The summed E-state index contributed by atoms with van der Waals surface area (Å²) in [6, 6.07) is 0.0834. The summed E-state index contributed by atoms with van der Waals surface area (Å²) in [5.74, 6) is -1.12. The van der Waals surface area contributed by atoms with Crippen molar-refractivity contribution in [1.82, 2.24) is 5.32 Å². The van der Waals surface area contributed by atoms with E-state index in [1.807, 2.05) is 6.92 Å². The van der Waals surface area contributed by atoms with E-state index in [2.05, 4.69) is 5.32 Å². The lowest BCUT2D eigenvalue weighted by Crippen LogP contribution is -2.33. The monoisotopic (exact) mass is 230 g/mol. The van der Waals surface area contributed by atoms with Crippen LogP contribution in [0.3, 0.4) is 0 Å². The summed E-state index contributed by atoms with van der Waals surface area (Å²) in [4.78, 5) is 21.7. The molecule has 0 rings (SSSR count). The van der Waals surface area contributed by atoms with E-state index < -0.39 is 5.97 Å². The van der Waals surface area contributed by atoms with Gasteiger partial charge in [0.15, 0.2) is 0 Å². The average Bonchev–Trinajstić information content (AvgIpc) is 2.17. The second-order valence-corrected chi connectivity index (χ2v) is 4.18. The van der Waals surface area contributed by atoms with Crippen molar-refractivity contribution < 1.29 is 14.7 Å². The van der Waals surface area contributed by atoms with Crippen molar-refractivity contribution in [1.29, 1.82) is 0 Å². The van der Waals surface area contributed by atoms with E-state index in [1.54, 1.807) is 6.92 Å². The summed E-state index contributed by atoms with van der Waals surface area (Å²) in [5.41, 5.74) is 5.25. The second-order valence-electron chi connectivity index (χ2n) is 4.18. The Morgan fingerprint density at radius 1 is 1.31 bits per heavy atom. The standard InChI is InChI=1S/C11H22N2O3/c1-8(11(15)16)4-3-5-9(2)13-10(14)6-7-12/h8-9H,3-7,12H2,1-2H3,(H,13,14)(H,15,16). The van der Waals surface area contributed by atoms with Gasteiger partial charge in [0.2, 0.25) is 5.91 Å². The molecule has 0 bridgehead atoms. The highest BCUT2D eigenvalue weighted by molar-refractivity contribution is 5.76. The van der Waals surface area contributed by atoms with E-state index in [9.17, 15) is 9.59 Å². The predicted molar refractivity (Wildman–Crippen MR) is 61.9 cm³/mol. The van der Waals surface area contributed by atoms with E-state index >= 15 is 0 Å². The lowest BCUT2D eigenvalue weighted by molar-refractivity contribution is -0.141. The summed E-state index contributed by atoms with van der Waals surface area (Å²) in [6.45, 7) is 3.97. The first-order chi connectivity index (χ1) is 7.47. The van der Waals surface area contributed by atoms with E-state index in [1.165, 1.54) is 0 Å². The lowest BCUT2D eigenvalue weighted by atomic mass is 10.0. The summed E-state index contributed by atoms with van der Waals surface area (Å²) in [5, 5.41) is 11.5. The molecule has 5 nitrogen and oxygen atoms in total. The van der Waals surface area contributed by atoms with Crippen LogP contribution in [0, 0.1) is 5.92 Å². The number of nitrogens with two attached hydrogens (primary N) is 1. The smallest absolute Gasteiger partial charge is 0.306 e. The Bertz CT molecular complexity index is 231. The van der Waals surface area contributed by atoms with Crippen molar-refractivity contribution in [2.45, 2.75) is 45.6 Å². The van der Waals surface area contributed by atoms with Gasteiger partial charge in [0, 0.05) is 19.0 Å². The molecule has 0 radical (unpaired) electrons. The van der Waals surface area contributed by atoms with Gasteiger partial charge in [0.05, 0.1) is 5.92 Å². The zero-order valence-corrected chi connectivity index (χ0v) is 10.0. The predicted octanol–water partition coefficient (Wildman–Crippen LogP) is 0.731. The summed E-state index contributed by atoms with van der Waals surface area (Å²) in [6.07, 6.45) is 2.59. The number of carbonyl (C=O) groups is 2. The largest absolute Gasteiger partial charge is 0.481 e. The van der Waals surface area contributed by atoms with Gasteiger partial charge in [-0.05, 0) is 19.8 Å². The molecule has 0 aliphatic heterocycles. The molecule has 0 heterocycles. The number of nitrogens with one attached hydrogen (secondary N) is 1. The van der Waals surface area contributed by atoms with Crippen molar-refractivity contribution in [3.05, 3.63) is 0 Å². The first kappa shape index (κ1) is 14.9. The molecule has 16 heavy (non-hydrogen) atoms. The minimum Gasteiger partial charge on any atom is -0.481 e. The maximum absolute atomic E-state index is 11.2. The van der Waals surface area contributed by atoms with E-state index in [0.717, 1.165) is 12.8 Å². The number of hydrogen-bond acceptors (Lipinski definition) is 3. The Morgan fingerprint density at radius 2 is 1.94 bits per heavy atom. The highest BCUT2D eigenvalue weighted by atomic mass is 16.4. The number of amides is 1. The number of carbonyl (C=O) groups excluding carboxylic acids is 1. The van der Waals surface area contributed by atoms with E-state index in [-0.39, 0.29) is 17.9 Å². The molecular formula is C11H22N2O3. The number of carboxylic acid groups (broad SMARTS) is 1. The highest BCUT2D eigenvalue weighted by Gasteiger charge is 2.11. The fourth-order valence-corrected chi connectivity index (χ4v) is 1.40. The molecule has 0 saturated heterocycles. The topological polar surface area (TPSA) is 92.4 Å². The van der Waals surface area contributed by atoms with Crippen LogP contribution < -0.4 is 11.1 Å². The molecule has 0 aliphatic rings. The maximum atomic E-state index is 11.2. The fourth-order valence-electron chi connectivity index (χ4n) is 1.40. The SMILES string of the molecule is CC(CCCC(C)C(=O)O)NC(=O)CCN. The van der Waals surface area contributed by atoms with Crippen LogP contribution in [-0.4, -0.2) is 29.6 Å². The second kappa shape index (κ2) is 8.10. The summed E-state index contributed by atoms with van der Waals surface area (Å²) in [7, 11) is 0. The minimum atomic E-state index is -0.764. The van der Waals surface area contributed by atoms with Crippen LogP contribution in [0.5, 0.6) is 0 Å². The molecule has 2 atom stereocenters. The molecule has 0 aromatic rings. The number of carboxylic acids is 1. The van der Waals surface area contributed by atoms with Crippen molar-refractivity contribution in [2.24, 2.45) is 11.7 Å². The highest BCUT2D eigenvalue weighted by Crippen LogP contribution is 2.09. The number of aliphatic carboxylic acids is 1. The van der Waals surface area contributed by atoms with Gasteiger partial charge in [0.25, 0.3) is 0 Å². The van der Waals surface area contributed by atoms with Crippen LogP contribution in [-0.2, 0) is 9.59 Å². The molecule has 5 heteroatoms. The third-order valence-corrected chi connectivity index (χ3v) is 2.47. The molecule has 94 valence electrons. The summed E-state index contributed by atoms with van der Waals surface area (Å²) < 4.78 is 0. The first-order valence-corrected chi connectivity index (χ1v) is 5.69.